The highest BCUT2D eigenvalue weighted by Gasteiger charge is 2.28. The Morgan fingerprint density at radius 1 is 1.33 bits per heavy atom. The smallest absolute Gasteiger partial charge is 0.449 e. The van der Waals surface area contributed by atoms with Crippen LogP contribution in [-0.4, -0.2) is 33.9 Å². The van der Waals surface area contributed by atoms with Crippen molar-refractivity contribution in [1.82, 2.24) is 9.55 Å². The monoisotopic (exact) mass is 333 g/mol. The van der Waals surface area contributed by atoms with Crippen molar-refractivity contribution in [2.75, 3.05) is 18.0 Å². The Balaban J connectivity index is 1.93. The van der Waals surface area contributed by atoms with E-state index in [-0.39, 0.29) is 23.0 Å². The lowest BCUT2D eigenvalue weighted by Crippen LogP contribution is -2.22. The molecule has 24 heavy (non-hydrogen) atoms. The Labute approximate surface area is 136 Å². The second-order valence-corrected chi connectivity index (χ2v) is 6.19. The van der Waals surface area contributed by atoms with Crippen molar-refractivity contribution in [2.45, 2.75) is 31.7 Å². The molecule has 1 N–H and O–H groups in total. The van der Waals surface area contributed by atoms with E-state index in [9.17, 15) is 14.0 Å². The lowest BCUT2D eigenvalue weighted by Gasteiger charge is -2.19. The van der Waals surface area contributed by atoms with Gasteiger partial charge >= 0.3 is 6.16 Å². The Hall–Kier alpha value is -2.64. The van der Waals surface area contributed by atoms with Crippen LogP contribution >= 0.6 is 0 Å². The standard InChI is InChI=1S/C16H16FN3O4/c17-11-7-10-13(21)12(24-16(22)23)8-20(9-3-4-9)14(10)18-15(11)19-5-1-2-6-19/h7-9H,1-6H2,(H,22,23). The topological polar surface area (TPSA) is 84.7 Å². The van der Waals surface area contributed by atoms with Crippen LogP contribution in [-0.2, 0) is 0 Å². The van der Waals surface area contributed by atoms with Crippen LogP contribution in [0.4, 0.5) is 15.0 Å². The first kappa shape index (κ1) is 14.9. The molecule has 8 heteroatoms. The van der Waals surface area contributed by atoms with E-state index in [1.54, 1.807) is 4.57 Å². The van der Waals surface area contributed by atoms with Gasteiger partial charge in [-0.1, -0.05) is 0 Å². The van der Waals surface area contributed by atoms with Crippen molar-refractivity contribution < 1.29 is 19.0 Å². The molecule has 1 saturated carbocycles. The molecule has 0 unspecified atom stereocenters. The summed E-state index contributed by atoms with van der Waals surface area (Å²) < 4.78 is 20.8. The Morgan fingerprint density at radius 3 is 2.67 bits per heavy atom. The molecule has 3 heterocycles. The molecule has 4 rings (SSSR count). The first-order valence-electron chi connectivity index (χ1n) is 7.95. The number of carboxylic acid groups (broad SMARTS) is 1. The SMILES string of the molecule is O=C(O)Oc1cn(C2CC2)c2nc(N3CCCC3)c(F)cc2c1=O. The average Bonchev–Trinajstić information content (AvgIpc) is 3.24. The molecular weight excluding hydrogens is 317 g/mol. The second kappa shape index (κ2) is 5.47. The lowest BCUT2D eigenvalue weighted by molar-refractivity contribution is 0.143. The van der Waals surface area contributed by atoms with Gasteiger partial charge in [0.25, 0.3) is 0 Å². The number of hydrogen-bond donors (Lipinski definition) is 1. The molecule has 1 saturated heterocycles. The van der Waals surface area contributed by atoms with Gasteiger partial charge < -0.3 is 19.3 Å². The summed E-state index contributed by atoms with van der Waals surface area (Å²) in [6, 6.07) is 1.28. The summed E-state index contributed by atoms with van der Waals surface area (Å²) in [5.74, 6) is -0.644. The Kier molecular flexibility index (Phi) is 3.40. The van der Waals surface area contributed by atoms with Gasteiger partial charge in [-0.25, -0.2) is 14.2 Å². The molecule has 126 valence electrons. The maximum Gasteiger partial charge on any atom is 0.511 e. The number of carbonyl (C=O) groups is 1. The third kappa shape index (κ3) is 2.47. The van der Waals surface area contributed by atoms with Crippen LogP contribution in [0.5, 0.6) is 5.75 Å². The third-order valence-corrected chi connectivity index (χ3v) is 4.45. The molecule has 7 nitrogen and oxygen atoms in total. The predicted molar refractivity (Wildman–Crippen MR) is 84.3 cm³/mol. The number of hydrogen-bond acceptors (Lipinski definition) is 5. The zero-order chi connectivity index (χ0) is 16.8. The summed E-state index contributed by atoms with van der Waals surface area (Å²) in [7, 11) is 0. The second-order valence-electron chi connectivity index (χ2n) is 6.19. The average molecular weight is 333 g/mol. The summed E-state index contributed by atoms with van der Waals surface area (Å²) in [5, 5.41) is 8.83. The number of rotatable bonds is 3. The third-order valence-electron chi connectivity index (χ3n) is 4.45. The highest BCUT2D eigenvalue weighted by Crippen LogP contribution is 2.38. The summed E-state index contributed by atoms with van der Waals surface area (Å²) in [6.45, 7) is 1.48. The predicted octanol–water partition coefficient (Wildman–Crippen LogP) is 2.53. The molecule has 1 aliphatic heterocycles. The molecule has 0 spiro atoms. The number of nitrogens with zero attached hydrogens (tertiary/aromatic N) is 3. The normalized spacial score (nSPS) is 17.5. The van der Waals surface area contributed by atoms with Crippen LogP contribution in [0.1, 0.15) is 31.7 Å². The van der Waals surface area contributed by atoms with Crippen LogP contribution in [0, 0.1) is 5.82 Å². The van der Waals surface area contributed by atoms with Crippen LogP contribution in [0.15, 0.2) is 17.1 Å². The van der Waals surface area contributed by atoms with E-state index < -0.39 is 17.4 Å². The molecule has 0 bridgehead atoms. The highest BCUT2D eigenvalue weighted by molar-refractivity contribution is 5.80. The maximum absolute atomic E-state index is 14.5. The molecule has 2 aromatic heterocycles. The Morgan fingerprint density at radius 2 is 2.04 bits per heavy atom. The van der Waals surface area contributed by atoms with Gasteiger partial charge in [0, 0.05) is 19.1 Å². The van der Waals surface area contributed by atoms with Crippen molar-refractivity contribution in [2.24, 2.45) is 0 Å². The van der Waals surface area contributed by atoms with Crippen molar-refractivity contribution >= 4 is 23.0 Å². The maximum atomic E-state index is 14.5. The fourth-order valence-electron chi connectivity index (χ4n) is 3.16. The van der Waals surface area contributed by atoms with Crippen molar-refractivity contribution in [3.8, 4) is 5.75 Å². The van der Waals surface area contributed by atoms with Gasteiger partial charge in [-0.3, -0.25) is 4.79 Å². The number of pyridine rings is 2. The minimum atomic E-state index is -1.57. The van der Waals surface area contributed by atoms with Crippen LogP contribution in [0.2, 0.25) is 0 Å². The quantitative estimate of drug-likeness (QED) is 0.869. The zero-order valence-electron chi connectivity index (χ0n) is 12.9. The van der Waals surface area contributed by atoms with E-state index in [0.717, 1.165) is 44.8 Å². The molecule has 0 amide bonds. The number of aromatic nitrogens is 2. The van der Waals surface area contributed by atoms with E-state index in [1.807, 2.05) is 4.90 Å². The van der Waals surface area contributed by atoms with Gasteiger partial charge in [0.05, 0.1) is 11.6 Å². The van der Waals surface area contributed by atoms with Crippen molar-refractivity contribution in [3.05, 3.63) is 28.3 Å². The number of ether oxygens (including phenoxy) is 1. The summed E-state index contributed by atoms with van der Waals surface area (Å²) in [4.78, 5) is 29.5. The zero-order valence-corrected chi connectivity index (χ0v) is 12.9. The van der Waals surface area contributed by atoms with E-state index in [0.29, 0.717) is 5.65 Å². The summed E-state index contributed by atoms with van der Waals surface area (Å²) >= 11 is 0. The van der Waals surface area contributed by atoms with Gasteiger partial charge in [0.15, 0.2) is 17.4 Å². The first-order chi connectivity index (χ1) is 11.5. The Bertz CT molecular complexity index is 885. The molecule has 2 fully saturated rings. The van der Waals surface area contributed by atoms with Gasteiger partial charge in [-0.15, -0.1) is 0 Å². The van der Waals surface area contributed by atoms with Gasteiger partial charge in [0.2, 0.25) is 5.43 Å². The number of anilines is 1. The molecule has 0 atom stereocenters. The summed E-state index contributed by atoms with van der Waals surface area (Å²) in [5.41, 5.74) is -0.285. The van der Waals surface area contributed by atoms with Crippen LogP contribution in [0.25, 0.3) is 11.0 Å². The van der Waals surface area contributed by atoms with E-state index in [2.05, 4.69) is 9.72 Å². The molecule has 0 radical (unpaired) electrons. The van der Waals surface area contributed by atoms with E-state index in [1.165, 1.54) is 6.20 Å². The van der Waals surface area contributed by atoms with Gasteiger partial charge in [0.1, 0.15) is 5.65 Å². The van der Waals surface area contributed by atoms with Gasteiger partial charge in [-0.2, -0.15) is 0 Å². The lowest BCUT2D eigenvalue weighted by atomic mass is 10.2. The van der Waals surface area contributed by atoms with Crippen LogP contribution < -0.4 is 15.1 Å². The van der Waals surface area contributed by atoms with Crippen molar-refractivity contribution in [1.29, 1.82) is 0 Å². The molecule has 2 aromatic rings. The minimum absolute atomic E-state index is 0.0427. The molecular formula is C16H16FN3O4. The van der Waals surface area contributed by atoms with Crippen molar-refractivity contribution in [3.63, 3.8) is 0 Å². The molecule has 2 aliphatic rings. The number of halogens is 1. The minimum Gasteiger partial charge on any atom is -0.449 e. The largest absolute Gasteiger partial charge is 0.511 e. The molecule has 1 aliphatic carbocycles. The molecule has 0 aromatic carbocycles. The van der Waals surface area contributed by atoms with E-state index in [4.69, 9.17) is 5.11 Å². The van der Waals surface area contributed by atoms with Gasteiger partial charge in [-0.05, 0) is 31.7 Å². The summed E-state index contributed by atoms with van der Waals surface area (Å²) in [6.07, 6.45) is 3.58. The number of fused-ring (bicyclic) bond motifs is 1. The van der Waals surface area contributed by atoms with E-state index >= 15 is 0 Å². The highest BCUT2D eigenvalue weighted by atomic mass is 19.1. The van der Waals surface area contributed by atoms with Crippen LogP contribution in [0.3, 0.4) is 0 Å². The fourth-order valence-corrected chi connectivity index (χ4v) is 3.16. The fraction of sp³-hybridized carbons (Fsp3) is 0.438. The first-order valence-corrected chi connectivity index (χ1v) is 7.95.